The minimum Gasteiger partial charge on any atom is -0.365 e. The van der Waals surface area contributed by atoms with Crippen LogP contribution in [0.3, 0.4) is 0 Å². The van der Waals surface area contributed by atoms with E-state index in [9.17, 15) is 14.0 Å². The molecule has 6 heteroatoms. The molecule has 2 amide bonds. The highest BCUT2D eigenvalue weighted by molar-refractivity contribution is 7.17. The summed E-state index contributed by atoms with van der Waals surface area (Å²) < 4.78 is 12.9. The highest BCUT2D eigenvalue weighted by Crippen LogP contribution is 2.39. The second-order valence-electron chi connectivity index (χ2n) is 6.29. The van der Waals surface area contributed by atoms with Crippen molar-refractivity contribution in [3.8, 4) is 0 Å². The predicted octanol–water partition coefficient (Wildman–Crippen LogP) is 3.76. The van der Waals surface area contributed by atoms with Crippen molar-refractivity contribution < 1.29 is 14.0 Å². The van der Waals surface area contributed by atoms with E-state index in [1.165, 1.54) is 29.5 Å². The molecule has 1 aromatic heterocycles. The Balaban J connectivity index is 1.79. The summed E-state index contributed by atoms with van der Waals surface area (Å²) in [5, 5.41) is 3.28. The van der Waals surface area contributed by atoms with E-state index in [4.69, 9.17) is 5.73 Å². The Bertz CT molecular complexity index is 840. The molecule has 0 bridgehead atoms. The Morgan fingerprint density at radius 3 is 2.72 bits per heavy atom. The van der Waals surface area contributed by atoms with Gasteiger partial charge in [0.15, 0.2) is 0 Å². The first-order chi connectivity index (χ1) is 11.9. The molecule has 0 fully saturated rings. The average molecular weight is 358 g/mol. The third kappa shape index (κ3) is 3.96. The number of rotatable bonds is 4. The number of halogens is 1. The number of fused-ring (bicyclic) bond motifs is 1. The van der Waals surface area contributed by atoms with Gasteiger partial charge in [0.1, 0.15) is 10.8 Å². The van der Waals surface area contributed by atoms with Crippen LogP contribution in [-0.4, -0.2) is 11.8 Å². The molecule has 25 heavy (non-hydrogen) atoms. The van der Waals surface area contributed by atoms with Gasteiger partial charge in [0.2, 0.25) is 5.91 Å². The fourth-order valence-electron chi connectivity index (χ4n) is 3.00. The van der Waals surface area contributed by atoms with Gasteiger partial charge < -0.3 is 11.1 Å². The maximum Gasteiger partial charge on any atom is 0.251 e. The van der Waals surface area contributed by atoms with Crippen LogP contribution >= 0.6 is 11.3 Å². The zero-order valence-corrected chi connectivity index (χ0v) is 14.7. The van der Waals surface area contributed by atoms with Gasteiger partial charge >= 0.3 is 0 Å². The minimum absolute atomic E-state index is 0.328. The first kappa shape index (κ1) is 17.4. The van der Waals surface area contributed by atoms with Crippen LogP contribution in [0.25, 0.3) is 6.08 Å². The van der Waals surface area contributed by atoms with Gasteiger partial charge in [-0.1, -0.05) is 19.1 Å². The predicted molar refractivity (Wildman–Crippen MR) is 98.1 cm³/mol. The number of benzene rings is 1. The Morgan fingerprint density at radius 2 is 2.04 bits per heavy atom. The van der Waals surface area contributed by atoms with Crippen LogP contribution in [0.5, 0.6) is 0 Å². The molecule has 1 aliphatic carbocycles. The van der Waals surface area contributed by atoms with Crippen LogP contribution < -0.4 is 11.1 Å². The average Bonchev–Trinajstić information content (AvgIpc) is 2.91. The van der Waals surface area contributed by atoms with Crippen molar-refractivity contribution in [1.29, 1.82) is 0 Å². The molecule has 1 heterocycles. The number of carbonyl (C=O) groups is 2. The standard InChI is InChI=1S/C19H19FN2O2S/c1-11-2-8-14-15(10-11)25-19(17(14)18(21)24)22-16(23)9-5-12-3-6-13(20)7-4-12/h3-7,9,11H,2,8,10H2,1H3,(H2,21,24)(H,22,23)/b9-5+/t11-/m1/s1. The topological polar surface area (TPSA) is 72.2 Å². The number of hydrogen-bond donors (Lipinski definition) is 2. The molecule has 3 rings (SSSR count). The molecule has 1 aliphatic rings. The number of thiophene rings is 1. The molecule has 0 saturated carbocycles. The highest BCUT2D eigenvalue weighted by atomic mass is 32.1. The van der Waals surface area contributed by atoms with E-state index in [2.05, 4.69) is 12.2 Å². The second-order valence-corrected chi connectivity index (χ2v) is 7.40. The molecule has 0 aliphatic heterocycles. The van der Waals surface area contributed by atoms with Crippen LogP contribution in [0, 0.1) is 11.7 Å². The van der Waals surface area contributed by atoms with Gasteiger partial charge in [-0.2, -0.15) is 0 Å². The van der Waals surface area contributed by atoms with Gasteiger partial charge in [0.25, 0.3) is 5.91 Å². The molecule has 1 atom stereocenters. The molecule has 0 unspecified atom stereocenters. The molecule has 1 aromatic carbocycles. The maximum atomic E-state index is 12.9. The normalized spacial score (nSPS) is 16.6. The van der Waals surface area contributed by atoms with Crippen molar-refractivity contribution in [1.82, 2.24) is 0 Å². The SMILES string of the molecule is C[C@@H]1CCc2c(sc(NC(=O)/C=C/c3ccc(F)cc3)c2C(N)=O)C1. The lowest BCUT2D eigenvalue weighted by molar-refractivity contribution is -0.111. The Morgan fingerprint density at radius 1 is 1.32 bits per heavy atom. The number of primary amides is 1. The molecular weight excluding hydrogens is 339 g/mol. The lowest BCUT2D eigenvalue weighted by atomic mass is 9.88. The van der Waals surface area contributed by atoms with E-state index in [1.807, 2.05) is 0 Å². The lowest BCUT2D eigenvalue weighted by Crippen LogP contribution is -2.18. The third-order valence-electron chi connectivity index (χ3n) is 4.29. The van der Waals surface area contributed by atoms with Crippen LogP contribution in [0.15, 0.2) is 30.3 Å². The highest BCUT2D eigenvalue weighted by Gasteiger charge is 2.26. The second kappa shape index (κ2) is 7.19. The fourth-order valence-corrected chi connectivity index (χ4v) is 4.42. The summed E-state index contributed by atoms with van der Waals surface area (Å²) in [6.07, 6.45) is 5.68. The number of nitrogens with one attached hydrogen (secondary N) is 1. The molecule has 0 spiro atoms. The fraction of sp³-hybridized carbons (Fsp3) is 0.263. The van der Waals surface area contributed by atoms with Crippen LogP contribution in [0.1, 0.15) is 39.7 Å². The number of amides is 2. The zero-order valence-electron chi connectivity index (χ0n) is 13.8. The number of anilines is 1. The summed E-state index contributed by atoms with van der Waals surface area (Å²) in [6.45, 7) is 2.18. The van der Waals surface area contributed by atoms with E-state index in [0.29, 0.717) is 22.0 Å². The Labute approximate surface area is 149 Å². The van der Waals surface area contributed by atoms with Gasteiger partial charge in [0, 0.05) is 11.0 Å². The van der Waals surface area contributed by atoms with Gasteiger partial charge in [-0.3, -0.25) is 9.59 Å². The Hall–Kier alpha value is -2.47. The zero-order chi connectivity index (χ0) is 18.0. The Kier molecular flexibility index (Phi) is 4.99. The molecular formula is C19H19FN2O2S. The first-order valence-electron chi connectivity index (χ1n) is 8.13. The molecule has 130 valence electrons. The van der Waals surface area contributed by atoms with E-state index in [0.717, 1.165) is 29.7 Å². The van der Waals surface area contributed by atoms with Crippen molar-refractivity contribution >= 4 is 34.2 Å². The van der Waals surface area contributed by atoms with E-state index >= 15 is 0 Å². The van der Waals surface area contributed by atoms with Crippen molar-refractivity contribution in [3.63, 3.8) is 0 Å². The van der Waals surface area contributed by atoms with Gasteiger partial charge in [-0.15, -0.1) is 11.3 Å². The molecule has 0 radical (unpaired) electrons. The lowest BCUT2D eigenvalue weighted by Gasteiger charge is -2.18. The largest absolute Gasteiger partial charge is 0.365 e. The van der Waals surface area contributed by atoms with Crippen molar-refractivity contribution in [2.24, 2.45) is 11.7 Å². The summed E-state index contributed by atoms with van der Waals surface area (Å²) in [7, 11) is 0. The van der Waals surface area contributed by atoms with Gasteiger partial charge in [-0.05, 0) is 54.5 Å². The van der Waals surface area contributed by atoms with Crippen LogP contribution in [0.2, 0.25) is 0 Å². The first-order valence-corrected chi connectivity index (χ1v) is 8.94. The molecule has 4 nitrogen and oxygen atoms in total. The minimum atomic E-state index is -0.509. The quantitative estimate of drug-likeness (QED) is 0.817. The molecule has 0 saturated heterocycles. The van der Waals surface area contributed by atoms with Gasteiger partial charge in [0.05, 0.1) is 5.56 Å². The van der Waals surface area contributed by atoms with Crippen LogP contribution in [0.4, 0.5) is 9.39 Å². The summed E-state index contributed by atoms with van der Waals surface area (Å²) in [6, 6.07) is 5.83. The summed E-state index contributed by atoms with van der Waals surface area (Å²) in [5.74, 6) is -0.622. The summed E-state index contributed by atoms with van der Waals surface area (Å²) in [5.41, 5.74) is 7.67. The van der Waals surface area contributed by atoms with E-state index in [-0.39, 0.29) is 11.7 Å². The van der Waals surface area contributed by atoms with E-state index in [1.54, 1.807) is 18.2 Å². The third-order valence-corrected chi connectivity index (χ3v) is 5.46. The smallest absolute Gasteiger partial charge is 0.251 e. The number of nitrogens with two attached hydrogens (primary N) is 1. The summed E-state index contributed by atoms with van der Waals surface area (Å²) >= 11 is 1.43. The molecule has 3 N–H and O–H groups in total. The maximum absolute atomic E-state index is 12.9. The van der Waals surface area contributed by atoms with Crippen molar-refractivity contribution in [2.45, 2.75) is 26.2 Å². The van der Waals surface area contributed by atoms with Gasteiger partial charge in [-0.25, -0.2) is 4.39 Å². The van der Waals surface area contributed by atoms with Crippen molar-refractivity contribution in [2.75, 3.05) is 5.32 Å². The van der Waals surface area contributed by atoms with Crippen molar-refractivity contribution in [3.05, 3.63) is 57.7 Å². The number of hydrogen-bond acceptors (Lipinski definition) is 3. The van der Waals surface area contributed by atoms with Crippen LogP contribution in [-0.2, 0) is 17.6 Å². The monoisotopic (exact) mass is 358 g/mol. The number of carbonyl (C=O) groups excluding carboxylic acids is 2. The molecule has 2 aromatic rings. The summed E-state index contributed by atoms with van der Waals surface area (Å²) in [4.78, 5) is 25.2. The van der Waals surface area contributed by atoms with E-state index < -0.39 is 5.91 Å².